The van der Waals surface area contributed by atoms with E-state index in [0.29, 0.717) is 5.56 Å². The van der Waals surface area contributed by atoms with Gasteiger partial charge in [0.25, 0.3) is 5.91 Å². The number of hydrogen-bond donors (Lipinski definition) is 3. The van der Waals surface area contributed by atoms with Crippen molar-refractivity contribution in [2.45, 2.75) is 38.8 Å². The SMILES string of the molecule is CCCCn1nc(-c2cc3ccccc3cn2)cc1-c1cccc(C(=O)N[C@@H](Cc2ccc(O)cc2)C(N)=O)c1. The zero-order valence-corrected chi connectivity index (χ0v) is 22.2. The molecule has 5 rings (SSSR count). The Balaban J connectivity index is 1.42. The molecule has 40 heavy (non-hydrogen) atoms. The maximum absolute atomic E-state index is 13.2. The van der Waals surface area contributed by atoms with E-state index in [-0.39, 0.29) is 12.2 Å². The number of rotatable bonds is 10. The molecule has 8 nitrogen and oxygen atoms in total. The van der Waals surface area contributed by atoms with Gasteiger partial charge in [-0.3, -0.25) is 19.3 Å². The van der Waals surface area contributed by atoms with Crippen LogP contribution in [0.25, 0.3) is 33.4 Å². The van der Waals surface area contributed by atoms with Crippen LogP contribution in [-0.2, 0) is 17.8 Å². The van der Waals surface area contributed by atoms with Crippen LogP contribution in [0.5, 0.6) is 5.75 Å². The Bertz CT molecular complexity index is 1660. The third kappa shape index (κ3) is 6.02. The maximum Gasteiger partial charge on any atom is 0.251 e. The van der Waals surface area contributed by atoms with E-state index >= 15 is 0 Å². The quantitative estimate of drug-likeness (QED) is 0.231. The van der Waals surface area contributed by atoms with E-state index in [9.17, 15) is 14.7 Å². The third-order valence-corrected chi connectivity index (χ3v) is 6.84. The number of phenols is 1. The molecule has 1 atom stereocenters. The average molecular weight is 534 g/mol. The topological polar surface area (TPSA) is 123 Å². The molecule has 4 N–H and O–H groups in total. The molecule has 2 aromatic heterocycles. The number of aromatic nitrogens is 3. The van der Waals surface area contributed by atoms with Gasteiger partial charge in [0.05, 0.1) is 11.4 Å². The van der Waals surface area contributed by atoms with Crippen LogP contribution >= 0.6 is 0 Å². The Morgan fingerprint density at radius 1 is 0.950 bits per heavy atom. The minimum absolute atomic E-state index is 0.123. The molecule has 0 radical (unpaired) electrons. The molecule has 8 heteroatoms. The van der Waals surface area contributed by atoms with Gasteiger partial charge in [-0.2, -0.15) is 5.10 Å². The molecule has 0 unspecified atom stereocenters. The minimum Gasteiger partial charge on any atom is -0.508 e. The predicted octanol–water partition coefficient (Wildman–Crippen LogP) is 5.10. The molecule has 0 spiro atoms. The third-order valence-electron chi connectivity index (χ3n) is 6.84. The van der Waals surface area contributed by atoms with Gasteiger partial charge in [0.1, 0.15) is 17.5 Å². The van der Waals surface area contributed by atoms with Crippen molar-refractivity contribution in [3.05, 3.63) is 102 Å². The van der Waals surface area contributed by atoms with Crippen LogP contribution in [0.2, 0.25) is 0 Å². The number of carbonyl (C=O) groups is 2. The van der Waals surface area contributed by atoms with Crippen LogP contribution in [-0.4, -0.2) is 37.7 Å². The number of nitrogens with zero attached hydrogens (tertiary/aromatic N) is 3. The second-order valence-electron chi connectivity index (χ2n) is 9.79. The fraction of sp³-hybridized carbons (Fsp3) is 0.188. The first-order valence-corrected chi connectivity index (χ1v) is 13.3. The normalized spacial score (nSPS) is 11.8. The first-order valence-electron chi connectivity index (χ1n) is 13.3. The monoisotopic (exact) mass is 533 g/mol. The van der Waals surface area contributed by atoms with E-state index in [1.165, 1.54) is 12.1 Å². The molecule has 2 amide bonds. The Morgan fingerprint density at radius 3 is 2.48 bits per heavy atom. The highest BCUT2D eigenvalue weighted by Gasteiger charge is 2.21. The molecule has 0 aliphatic heterocycles. The highest BCUT2D eigenvalue weighted by atomic mass is 16.3. The lowest BCUT2D eigenvalue weighted by atomic mass is 10.0. The molecule has 0 bridgehead atoms. The lowest BCUT2D eigenvalue weighted by molar-refractivity contribution is -0.119. The molecule has 0 aliphatic carbocycles. The van der Waals surface area contributed by atoms with Crippen molar-refractivity contribution >= 4 is 22.6 Å². The van der Waals surface area contributed by atoms with Crippen LogP contribution in [0.1, 0.15) is 35.7 Å². The highest BCUT2D eigenvalue weighted by molar-refractivity contribution is 5.98. The number of unbranched alkanes of at least 4 members (excludes halogenated alkanes) is 1. The Labute approximate surface area is 232 Å². The van der Waals surface area contributed by atoms with Gasteiger partial charge in [0, 0.05) is 35.7 Å². The number of carbonyl (C=O) groups excluding carboxylic acids is 2. The van der Waals surface area contributed by atoms with Crippen LogP contribution in [0.15, 0.2) is 91.1 Å². The van der Waals surface area contributed by atoms with E-state index in [4.69, 9.17) is 10.8 Å². The van der Waals surface area contributed by atoms with Gasteiger partial charge in [0.2, 0.25) is 5.91 Å². The van der Waals surface area contributed by atoms with Gasteiger partial charge in [-0.05, 0) is 53.8 Å². The summed E-state index contributed by atoms with van der Waals surface area (Å²) in [5, 5.41) is 19.3. The van der Waals surface area contributed by atoms with Crippen molar-refractivity contribution < 1.29 is 14.7 Å². The summed E-state index contributed by atoms with van der Waals surface area (Å²) in [5.41, 5.74) is 10.0. The summed E-state index contributed by atoms with van der Waals surface area (Å²) in [6, 6.07) is 24.9. The number of pyridine rings is 1. The summed E-state index contributed by atoms with van der Waals surface area (Å²) in [7, 11) is 0. The second-order valence-corrected chi connectivity index (χ2v) is 9.79. The number of amides is 2. The molecule has 0 saturated carbocycles. The largest absolute Gasteiger partial charge is 0.508 e. The van der Waals surface area contributed by atoms with Crippen LogP contribution in [0, 0.1) is 0 Å². The molecule has 0 saturated heterocycles. The average Bonchev–Trinajstić information content (AvgIpc) is 3.41. The number of aryl methyl sites for hydroxylation is 1. The zero-order valence-electron chi connectivity index (χ0n) is 22.2. The number of primary amides is 1. The number of benzene rings is 3. The van der Waals surface area contributed by atoms with Gasteiger partial charge in [0.15, 0.2) is 0 Å². The number of nitrogens with two attached hydrogens (primary N) is 1. The number of fused-ring (bicyclic) bond motifs is 1. The van der Waals surface area contributed by atoms with Crippen molar-refractivity contribution in [1.29, 1.82) is 0 Å². The number of hydrogen-bond acceptors (Lipinski definition) is 5. The van der Waals surface area contributed by atoms with Crippen molar-refractivity contribution in [1.82, 2.24) is 20.1 Å². The van der Waals surface area contributed by atoms with Gasteiger partial charge >= 0.3 is 0 Å². The van der Waals surface area contributed by atoms with Crippen molar-refractivity contribution in [2.24, 2.45) is 5.73 Å². The van der Waals surface area contributed by atoms with Crippen molar-refractivity contribution in [3.8, 4) is 28.4 Å². The molecule has 5 aromatic rings. The van der Waals surface area contributed by atoms with Crippen LogP contribution in [0.3, 0.4) is 0 Å². The second kappa shape index (κ2) is 11.8. The van der Waals surface area contributed by atoms with Gasteiger partial charge < -0.3 is 16.2 Å². The van der Waals surface area contributed by atoms with E-state index < -0.39 is 17.9 Å². The van der Waals surface area contributed by atoms with E-state index in [2.05, 4.69) is 23.3 Å². The van der Waals surface area contributed by atoms with Gasteiger partial charge in [-0.15, -0.1) is 0 Å². The Morgan fingerprint density at radius 2 is 1.73 bits per heavy atom. The summed E-state index contributed by atoms with van der Waals surface area (Å²) >= 11 is 0. The summed E-state index contributed by atoms with van der Waals surface area (Å²) in [6.07, 6.45) is 4.04. The van der Waals surface area contributed by atoms with Gasteiger partial charge in [-0.25, -0.2) is 0 Å². The smallest absolute Gasteiger partial charge is 0.251 e. The maximum atomic E-state index is 13.2. The number of phenolic OH excluding ortho intramolecular Hbond substituents is 1. The Hall–Kier alpha value is -4.98. The lowest BCUT2D eigenvalue weighted by Gasteiger charge is -2.16. The predicted molar refractivity (Wildman–Crippen MR) is 156 cm³/mol. The van der Waals surface area contributed by atoms with Crippen LogP contribution in [0.4, 0.5) is 0 Å². The summed E-state index contributed by atoms with van der Waals surface area (Å²) in [6.45, 7) is 2.86. The highest BCUT2D eigenvalue weighted by Crippen LogP contribution is 2.28. The van der Waals surface area contributed by atoms with Crippen molar-refractivity contribution in [2.75, 3.05) is 0 Å². The molecule has 0 fully saturated rings. The molecular formula is C32H31N5O3. The summed E-state index contributed by atoms with van der Waals surface area (Å²) in [5.74, 6) is -0.916. The first-order chi connectivity index (χ1) is 19.4. The fourth-order valence-electron chi connectivity index (χ4n) is 4.63. The Kier molecular flexibility index (Phi) is 7.87. The minimum atomic E-state index is -0.902. The summed E-state index contributed by atoms with van der Waals surface area (Å²) in [4.78, 5) is 30.0. The molecule has 2 heterocycles. The molecule has 3 aromatic carbocycles. The molecule has 0 aliphatic rings. The fourth-order valence-corrected chi connectivity index (χ4v) is 4.63. The van der Waals surface area contributed by atoms with Crippen LogP contribution < -0.4 is 11.1 Å². The van der Waals surface area contributed by atoms with E-state index in [1.807, 2.05) is 53.3 Å². The number of nitrogens with one attached hydrogen (secondary N) is 1. The van der Waals surface area contributed by atoms with Crippen molar-refractivity contribution in [3.63, 3.8) is 0 Å². The van der Waals surface area contributed by atoms with E-state index in [1.54, 1.807) is 24.3 Å². The molecule has 202 valence electrons. The zero-order chi connectivity index (χ0) is 28.1. The van der Waals surface area contributed by atoms with Gasteiger partial charge in [-0.1, -0.05) is 61.9 Å². The summed E-state index contributed by atoms with van der Waals surface area (Å²) < 4.78 is 1.96. The number of aromatic hydroxyl groups is 1. The van der Waals surface area contributed by atoms with E-state index in [0.717, 1.165) is 58.4 Å². The lowest BCUT2D eigenvalue weighted by Crippen LogP contribution is -2.45. The first kappa shape index (κ1) is 26.6. The standard InChI is InChI=1S/C32H31N5O3/c1-2-3-15-37-30(19-28(36-37)27-18-22-7-4-5-8-25(22)20-34-27)23-9-6-10-24(17-23)32(40)35-29(31(33)39)16-21-11-13-26(38)14-12-21/h4-14,17-20,29,38H,2-3,15-16H2,1H3,(H2,33,39)(H,35,40)/t29-/m0/s1. The molecular weight excluding hydrogens is 502 g/mol.